The van der Waals surface area contributed by atoms with Gasteiger partial charge in [-0.1, -0.05) is 86.4 Å². The molecule has 0 fully saturated rings. The van der Waals surface area contributed by atoms with Crippen LogP contribution in [0.3, 0.4) is 0 Å². The van der Waals surface area contributed by atoms with Gasteiger partial charge in [0.15, 0.2) is 0 Å². The second-order valence-electron chi connectivity index (χ2n) is 9.24. The largest absolute Gasteiger partial charge is 0.354 e. The normalized spacial score (nSPS) is 12.0. The molecule has 2 amide bonds. The minimum atomic E-state index is -4.14. The maximum absolute atomic E-state index is 14.2. The first-order valence-corrected chi connectivity index (χ1v) is 15.5. The summed E-state index contributed by atoms with van der Waals surface area (Å²) in [6, 6.07) is 19.2. The van der Waals surface area contributed by atoms with E-state index < -0.39 is 28.5 Å². The molecule has 0 aliphatic carbocycles. The van der Waals surface area contributed by atoms with Gasteiger partial charge in [0.1, 0.15) is 12.6 Å². The van der Waals surface area contributed by atoms with Crippen LogP contribution in [0.5, 0.6) is 0 Å². The van der Waals surface area contributed by atoms with Crippen molar-refractivity contribution >= 4 is 50.7 Å². The first-order valence-electron chi connectivity index (χ1n) is 13.3. The standard InChI is InChI=1S/C30H35Cl2N3O4S/c1-4-19-33-30(37)27(6-3)34(20-24-25(31)16-12-17-26(24)32)29(36)21-35(28-18-11-10-13-22(28)5-2)40(38,39)23-14-8-7-9-15-23/h7-18,27H,4-6,19-21H2,1-3H3,(H,33,37). The number of nitrogens with zero attached hydrogens (tertiary/aromatic N) is 2. The number of para-hydroxylation sites is 1. The van der Waals surface area contributed by atoms with Gasteiger partial charge in [0, 0.05) is 28.7 Å². The molecule has 3 aromatic rings. The molecule has 1 unspecified atom stereocenters. The van der Waals surface area contributed by atoms with Crippen molar-refractivity contribution in [2.24, 2.45) is 0 Å². The monoisotopic (exact) mass is 603 g/mol. The number of rotatable bonds is 13. The first-order chi connectivity index (χ1) is 19.1. The summed E-state index contributed by atoms with van der Waals surface area (Å²) < 4.78 is 29.1. The number of halogens is 2. The van der Waals surface area contributed by atoms with E-state index in [4.69, 9.17) is 23.2 Å². The molecule has 40 heavy (non-hydrogen) atoms. The lowest BCUT2D eigenvalue weighted by molar-refractivity contribution is -0.140. The topological polar surface area (TPSA) is 86.8 Å². The van der Waals surface area contributed by atoms with E-state index in [9.17, 15) is 18.0 Å². The van der Waals surface area contributed by atoms with Crippen LogP contribution >= 0.6 is 23.2 Å². The summed E-state index contributed by atoms with van der Waals surface area (Å²) in [6.45, 7) is 5.52. The van der Waals surface area contributed by atoms with Gasteiger partial charge in [-0.2, -0.15) is 0 Å². The Hall–Kier alpha value is -3.07. The van der Waals surface area contributed by atoms with Crippen molar-refractivity contribution < 1.29 is 18.0 Å². The first kappa shape index (κ1) is 31.5. The quantitative estimate of drug-likeness (QED) is 0.256. The Labute approximate surface area is 247 Å². The zero-order valence-electron chi connectivity index (χ0n) is 22.9. The van der Waals surface area contributed by atoms with Crippen molar-refractivity contribution in [3.63, 3.8) is 0 Å². The Kier molecular flexibility index (Phi) is 11.4. The van der Waals surface area contributed by atoms with Gasteiger partial charge in [0.05, 0.1) is 10.6 Å². The van der Waals surface area contributed by atoms with Crippen molar-refractivity contribution in [2.45, 2.75) is 57.5 Å². The van der Waals surface area contributed by atoms with Crippen LogP contribution in [0.15, 0.2) is 77.7 Å². The molecule has 0 bridgehead atoms. The minimum absolute atomic E-state index is 0.0575. The summed E-state index contributed by atoms with van der Waals surface area (Å²) in [4.78, 5) is 28.8. The molecular weight excluding hydrogens is 569 g/mol. The van der Waals surface area contributed by atoms with E-state index >= 15 is 0 Å². The maximum Gasteiger partial charge on any atom is 0.264 e. The number of amides is 2. The van der Waals surface area contributed by atoms with E-state index in [0.29, 0.717) is 40.7 Å². The highest BCUT2D eigenvalue weighted by molar-refractivity contribution is 7.92. The van der Waals surface area contributed by atoms with Crippen LogP contribution in [0.4, 0.5) is 5.69 Å². The Morgan fingerprint density at radius 3 is 2.10 bits per heavy atom. The summed E-state index contributed by atoms with van der Waals surface area (Å²) in [5.41, 5.74) is 1.65. The number of nitrogens with one attached hydrogen (secondary N) is 1. The summed E-state index contributed by atoms with van der Waals surface area (Å²) >= 11 is 12.9. The number of aryl methyl sites for hydroxylation is 1. The molecule has 1 atom stereocenters. The van der Waals surface area contributed by atoms with Crippen molar-refractivity contribution in [3.05, 3.63) is 94.0 Å². The van der Waals surface area contributed by atoms with Gasteiger partial charge in [0.25, 0.3) is 10.0 Å². The number of carbonyl (C=O) groups excluding carboxylic acids is 2. The van der Waals surface area contributed by atoms with E-state index in [-0.39, 0.29) is 17.3 Å². The molecule has 0 saturated carbocycles. The molecule has 1 N–H and O–H groups in total. The van der Waals surface area contributed by atoms with E-state index in [0.717, 1.165) is 16.3 Å². The summed E-state index contributed by atoms with van der Waals surface area (Å²) in [7, 11) is -4.14. The molecule has 3 aromatic carbocycles. The smallest absolute Gasteiger partial charge is 0.264 e. The second kappa shape index (κ2) is 14.5. The zero-order chi connectivity index (χ0) is 29.3. The molecule has 0 heterocycles. The van der Waals surface area contributed by atoms with Crippen molar-refractivity contribution in [1.29, 1.82) is 0 Å². The van der Waals surface area contributed by atoms with Gasteiger partial charge >= 0.3 is 0 Å². The lowest BCUT2D eigenvalue weighted by Crippen LogP contribution is -2.52. The van der Waals surface area contributed by atoms with Gasteiger partial charge in [-0.05, 0) is 55.2 Å². The van der Waals surface area contributed by atoms with Gasteiger partial charge < -0.3 is 10.2 Å². The third-order valence-electron chi connectivity index (χ3n) is 6.58. The highest BCUT2D eigenvalue weighted by Crippen LogP contribution is 2.30. The van der Waals surface area contributed by atoms with Crippen molar-refractivity contribution in [3.8, 4) is 0 Å². The molecule has 0 aliphatic rings. The van der Waals surface area contributed by atoms with Gasteiger partial charge in [0.2, 0.25) is 11.8 Å². The van der Waals surface area contributed by atoms with E-state index in [1.807, 2.05) is 26.0 Å². The van der Waals surface area contributed by atoms with E-state index in [1.54, 1.807) is 55.5 Å². The third-order valence-corrected chi connectivity index (χ3v) is 9.06. The highest BCUT2D eigenvalue weighted by Gasteiger charge is 2.34. The average Bonchev–Trinajstić information content (AvgIpc) is 2.96. The molecule has 10 heteroatoms. The molecule has 0 aromatic heterocycles. The molecule has 214 valence electrons. The molecule has 0 saturated heterocycles. The van der Waals surface area contributed by atoms with Crippen LogP contribution in [0.1, 0.15) is 44.7 Å². The van der Waals surface area contributed by atoms with Crippen LogP contribution in [0, 0.1) is 0 Å². The number of carbonyl (C=O) groups is 2. The Morgan fingerprint density at radius 2 is 1.50 bits per heavy atom. The predicted octanol–water partition coefficient (Wildman–Crippen LogP) is 6.08. The average molecular weight is 605 g/mol. The van der Waals surface area contributed by atoms with Gasteiger partial charge in [-0.15, -0.1) is 0 Å². The van der Waals surface area contributed by atoms with Crippen molar-refractivity contribution in [1.82, 2.24) is 10.2 Å². The molecule has 0 radical (unpaired) electrons. The fraction of sp³-hybridized carbons (Fsp3) is 0.333. The summed E-state index contributed by atoms with van der Waals surface area (Å²) in [5, 5.41) is 3.56. The third kappa shape index (κ3) is 7.36. The maximum atomic E-state index is 14.2. The molecular formula is C30H35Cl2N3O4S. The molecule has 7 nitrogen and oxygen atoms in total. The fourth-order valence-electron chi connectivity index (χ4n) is 4.43. The highest BCUT2D eigenvalue weighted by atomic mass is 35.5. The van der Waals surface area contributed by atoms with Crippen LogP contribution in [-0.2, 0) is 32.6 Å². The van der Waals surface area contributed by atoms with Crippen LogP contribution < -0.4 is 9.62 Å². The van der Waals surface area contributed by atoms with Crippen LogP contribution in [0.2, 0.25) is 10.0 Å². The summed E-state index contributed by atoms with van der Waals surface area (Å²) in [6.07, 6.45) is 1.59. The number of anilines is 1. The van der Waals surface area contributed by atoms with E-state index in [2.05, 4.69) is 5.32 Å². The number of hydrogen-bond donors (Lipinski definition) is 1. The lowest BCUT2D eigenvalue weighted by atomic mass is 10.1. The van der Waals surface area contributed by atoms with E-state index in [1.165, 1.54) is 17.0 Å². The van der Waals surface area contributed by atoms with Crippen molar-refractivity contribution in [2.75, 3.05) is 17.4 Å². The van der Waals surface area contributed by atoms with Crippen LogP contribution in [0.25, 0.3) is 0 Å². The fourth-order valence-corrected chi connectivity index (χ4v) is 6.42. The molecule has 0 spiro atoms. The van der Waals surface area contributed by atoms with Gasteiger partial charge in [-0.3, -0.25) is 13.9 Å². The Balaban J connectivity index is 2.12. The number of hydrogen-bond acceptors (Lipinski definition) is 4. The number of sulfonamides is 1. The Morgan fingerprint density at radius 1 is 0.875 bits per heavy atom. The SMILES string of the molecule is CCCNC(=O)C(CC)N(Cc1c(Cl)cccc1Cl)C(=O)CN(c1ccccc1CC)S(=O)(=O)c1ccccc1. The van der Waals surface area contributed by atoms with Gasteiger partial charge in [-0.25, -0.2) is 8.42 Å². The molecule has 3 rings (SSSR count). The Bertz CT molecular complexity index is 1400. The minimum Gasteiger partial charge on any atom is -0.354 e. The zero-order valence-corrected chi connectivity index (χ0v) is 25.3. The molecule has 0 aliphatic heterocycles. The number of benzene rings is 3. The van der Waals surface area contributed by atoms with Crippen LogP contribution in [-0.4, -0.2) is 44.3 Å². The second-order valence-corrected chi connectivity index (χ2v) is 11.9. The lowest BCUT2D eigenvalue weighted by Gasteiger charge is -2.34. The summed E-state index contributed by atoms with van der Waals surface area (Å²) in [5.74, 6) is -0.882. The predicted molar refractivity (Wildman–Crippen MR) is 161 cm³/mol.